The molecular formula is C14H16N4O2S. The van der Waals surface area contributed by atoms with E-state index in [0.29, 0.717) is 22.2 Å². The number of aryl methyl sites for hydroxylation is 1. The van der Waals surface area contributed by atoms with Gasteiger partial charge in [-0.2, -0.15) is 0 Å². The zero-order valence-electron chi connectivity index (χ0n) is 11.7. The molecule has 0 fully saturated rings. The van der Waals surface area contributed by atoms with Crippen molar-refractivity contribution < 1.29 is 4.79 Å². The average molecular weight is 304 g/mol. The maximum Gasteiger partial charge on any atom is 0.251 e. The second kappa shape index (κ2) is 6.45. The first kappa shape index (κ1) is 15.1. The summed E-state index contributed by atoms with van der Waals surface area (Å²) in [5, 5.41) is 2.82. The monoisotopic (exact) mass is 304 g/mol. The van der Waals surface area contributed by atoms with Crippen molar-refractivity contribution in [2.45, 2.75) is 24.3 Å². The summed E-state index contributed by atoms with van der Waals surface area (Å²) in [6.07, 6.45) is 0. The molecule has 2 rings (SSSR count). The molecule has 1 unspecified atom stereocenters. The standard InChI is InChI=1S/C14H16N4O2S/c1-8-7-12(19)18-14(16-8)21-9(2)13(20)17-11-5-3-10(15)4-6-11/h3-7,9H,15H2,1-2H3,(H,17,20)(H,16,18,19). The summed E-state index contributed by atoms with van der Waals surface area (Å²) >= 11 is 1.20. The zero-order chi connectivity index (χ0) is 15.4. The number of hydrogen-bond donors (Lipinski definition) is 3. The van der Waals surface area contributed by atoms with Crippen LogP contribution in [0.25, 0.3) is 0 Å². The molecule has 0 radical (unpaired) electrons. The quantitative estimate of drug-likeness (QED) is 0.454. The van der Waals surface area contributed by atoms with Crippen LogP contribution in [0.1, 0.15) is 12.6 Å². The van der Waals surface area contributed by atoms with Crippen molar-refractivity contribution in [3.63, 3.8) is 0 Å². The highest BCUT2D eigenvalue weighted by Crippen LogP contribution is 2.20. The number of aromatic amines is 1. The number of aromatic nitrogens is 2. The molecule has 6 nitrogen and oxygen atoms in total. The SMILES string of the molecule is Cc1cc(=O)[nH]c(SC(C)C(=O)Nc2ccc(N)cc2)n1. The van der Waals surface area contributed by atoms with E-state index < -0.39 is 5.25 Å². The van der Waals surface area contributed by atoms with Crippen molar-refractivity contribution >= 4 is 29.0 Å². The fourth-order valence-electron chi connectivity index (χ4n) is 1.64. The molecule has 0 bridgehead atoms. The predicted molar refractivity (Wildman–Crippen MR) is 84.4 cm³/mol. The Morgan fingerprint density at radius 3 is 2.67 bits per heavy atom. The molecular weight excluding hydrogens is 288 g/mol. The van der Waals surface area contributed by atoms with Gasteiger partial charge >= 0.3 is 0 Å². The molecule has 21 heavy (non-hydrogen) atoms. The highest BCUT2D eigenvalue weighted by molar-refractivity contribution is 8.00. The minimum Gasteiger partial charge on any atom is -0.399 e. The molecule has 0 saturated carbocycles. The molecule has 2 aromatic rings. The number of benzene rings is 1. The normalized spacial score (nSPS) is 11.9. The zero-order valence-corrected chi connectivity index (χ0v) is 12.5. The van der Waals surface area contributed by atoms with E-state index in [0.717, 1.165) is 0 Å². The highest BCUT2D eigenvalue weighted by Gasteiger charge is 2.16. The Bertz CT molecular complexity index is 697. The van der Waals surface area contributed by atoms with Crippen molar-refractivity contribution in [1.29, 1.82) is 0 Å². The van der Waals surface area contributed by atoms with Crippen molar-refractivity contribution in [2.75, 3.05) is 11.1 Å². The lowest BCUT2D eigenvalue weighted by Gasteiger charge is -2.11. The maximum absolute atomic E-state index is 12.1. The van der Waals surface area contributed by atoms with Crippen molar-refractivity contribution in [3.8, 4) is 0 Å². The number of nitrogens with zero attached hydrogens (tertiary/aromatic N) is 1. The van der Waals surface area contributed by atoms with Crippen molar-refractivity contribution in [3.05, 3.63) is 46.4 Å². The van der Waals surface area contributed by atoms with Gasteiger partial charge in [-0.05, 0) is 38.1 Å². The molecule has 7 heteroatoms. The molecule has 0 aliphatic carbocycles. The van der Waals surface area contributed by atoms with Gasteiger partial charge in [0.1, 0.15) is 0 Å². The molecule has 1 heterocycles. The number of nitrogen functional groups attached to an aromatic ring is 1. The first-order valence-corrected chi connectivity index (χ1v) is 7.23. The van der Waals surface area contributed by atoms with Crippen LogP contribution in [0, 0.1) is 6.92 Å². The maximum atomic E-state index is 12.1. The fourth-order valence-corrected chi connectivity index (χ4v) is 2.50. The Hall–Kier alpha value is -2.28. The van der Waals surface area contributed by atoms with E-state index in [4.69, 9.17) is 5.73 Å². The van der Waals surface area contributed by atoms with Gasteiger partial charge in [-0.25, -0.2) is 4.98 Å². The topological polar surface area (TPSA) is 101 Å². The van der Waals surface area contributed by atoms with Gasteiger partial charge in [-0.3, -0.25) is 9.59 Å². The van der Waals surface area contributed by atoms with Crippen LogP contribution < -0.4 is 16.6 Å². The fraction of sp³-hybridized carbons (Fsp3) is 0.214. The summed E-state index contributed by atoms with van der Waals surface area (Å²) < 4.78 is 0. The largest absolute Gasteiger partial charge is 0.399 e. The van der Waals surface area contributed by atoms with E-state index in [1.54, 1.807) is 38.1 Å². The van der Waals surface area contributed by atoms with Crippen LogP contribution in [0.5, 0.6) is 0 Å². The number of H-pyrrole nitrogens is 1. The minimum absolute atomic E-state index is 0.172. The van der Waals surface area contributed by atoms with E-state index in [1.165, 1.54) is 17.8 Å². The van der Waals surface area contributed by atoms with Crippen LogP contribution in [0.3, 0.4) is 0 Å². The summed E-state index contributed by atoms with van der Waals surface area (Å²) in [6, 6.07) is 8.30. The summed E-state index contributed by atoms with van der Waals surface area (Å²) in [5.74, 6) is -0.172. The Labute approximate surface area is 126 Å². The Kier molecular flexibility index (Phi) is 4.64. The third-order valence-electron chi connectivity index (χ3n) is 2.68. The molecule has 1 aromatic heterocycles. The van der Waals surface area contributed by atoms with Crippen molar-refractivity contribution in [1.82, 2.24) is 9.97 Å². The highest BCUT2D eigenvalue weighted by atomic mass is 32.2. The number of carbonyl (C=O) groups is 1. The van der Waals surface area contributed by atoms with Gasteiger partial charge in [0, 0.05) is 23.1 Å². The Morgan fingerprint density at radius 2 is 2.05 bits per heavy atom. The average Bonchev–Trinajstić information content (AvgIpc) is 2.40. The second-order valence-corrected chi connectivity index (χ2v) is 5.89. The number of nitrogens with one attached hydrogen (secondary N) is 2. The van der Waals surface area contributed by atoms with Gasteiger partial charge in [0.15, 0.2) is 5.16 Å². The van der Waals surface area contributed by atoms with Crippen LogP contribution in [-0.4, -0.2) is 21.1 Å². The molecule has 0 aliphatic rings. The number of anilines is 2. The molecule has 4 N–H and O–H groups in total. The lowest BCUT2D eigenvalue weighted by molar-refractivity contribution is -0.115. The molecule has 110 valence electrons. The van der Waals surface area contributed by atoms with Crippen molar-refractivity contribution in [2.24, 2.45) is 0 Å². The molecule has 1 atom stereocenters. The number of hydrogen-bond acceptors (Lipinski definition) is 5. The minimum atomic E-state index is -0.396. The van der Waals surface area contributed by atoms with Gasteiger partial charge < -0.3 is 16.0 Å². The first-order chi connectivity index (χ1) is 9.94. The van der Waals surface area contributed by atoms with E-state index in [2.05, 4.69) is 15.3 Å². The summed E-state index contributed by atoms with van der Waals surface area (Å²) in [4.78, 5) is 30.2. The summed E-state index contributed by atoms with van der Waals surface area (Å²) in [7, 11) is 0. The molecule has 0 saturated heterocycles. The second-order valence-electron chi connectivity index (χ2n) is 4.56. The molecule has 1 aromatic carbocycles. The van der Waals surface area contributed by atoms with Gasteiger partial charge in [0.05, 0.1) is 5.25 Å². The Morgan fingerprint density at radius 1 is 1.38 bits per heavy atom. The van der Waals surface area contributed by atoms with Gasteiger partial charge in [-0.1, -0.05) is 11.8 Å². The van der Waals surface area contributed by atoms with Crippen LogP contribution in [0.4, 0.5) is 11.4 Å². The van der Waals surface area contributed by atoms with Gasteiger partial charge in [0.25, 0.3) is 5.56 Å². The molecule has 0 aliphatic heterocycles. The molecule has 1 amide bonds. The first-order valence-electron chi connectivity index (χ1n) is 6.35. The lowest BCUT2D eigenvalue weighted by Crippen LogP contribution is -2.23. The lowest BCUT2D eigenvalue weighted by atomic mass is 10.3. The molecule has 0 spiro atoms. The van der Waals surface area contributed by atoms with Gasteiger partial charge in [-0.15, -0.1) is 0 Å². The third-order valence-corrected chi connectivity index (χ3v) is 3.67. The summed E-state index contributed by atoms with van der Waals surface area (Å²) in [5.41, 5.74) is 7.29. The van der Waals surface area contributed by atoms with Crippen LogP contribution >= 0.6 is 11.8 Å². The number of amides is 1. The summed E-state index contributed by atoms with van der Waals surface area (Å²) in [6.45, 7) is 3.48. The Balaban J connectivity index is 2.02. The van der Waals surface area contributed by atoms with E-state index in [-0.39, 0.29) is 11.5 Å². The predicted octanol–water partition coefficient (Wildman–Crippen LogP) is 1.78. The van der Waals surface area contributed by atoms with Crippen LogP contribution in [-0.2, 0) is 4.79 Å². The smallest absolute Gasteiger partial charge is 0.251 e. The number of carbonyl (C=O) groups excluding carboxylic acids is 1. The van der Waals surface area contributed by atoms with E-state index in [9.17, 15) is 9.59 Å². The number of nitrogens with two attached hydrogens (primary N) is 1. The third kappa shape index (κ3) is 4.35. The van der Waals surface area contributed by atoms with Gasteiger partial charge in [0.2, 0.25) is 5.91 Å². The number of thioether (sulfide) groups is 1. The number of rotatable bonds is 4. The van der Waals surface area contributed by atoms with E-state index in [1.807, 2.05) is 0 Å². The van der Waals surface area contributed by atoms with Crippen LogP contribution in [0.2, 0.25) is 0 Å². The van der Waals surface area contributed by atoms with Crippen LogP contribution in [0.15, 0.2) is 40.3 Å². The van der Waals surface area contributed by atoms with E-state index >= 15 is 0 Å².